The van der Waals surface area contributed by atoms with Gasteiger partial charge >= 0.3 is 12.1 Å². The fourth-order valence-electron chi connectivity index (χ4n) is 1.03. The van der Waals surface area contributed by atoms with Crippen molar-refractivity contribution in [3.8, 4) is 5.75 Å². The van der Waals surface area contributed by atoms with E-state index >= 15 is 0 Å². The van der Waals surface area contributed by atoms with Crippen LogP contribution in [0.5, 0.6) is 5.75 Å². The highest BCUT2D eigenvalue weighted by Crippen LogP contribution is 2.30. The molecule has 2 N–H and O–H groups in total. The van der Waals surface area contributed by atoms with Crippen molar-refractivity contribution in [2.45, 2.75) is 11.2 Å². The van der Waals surface area contributed by atoms with Gasteiger partial charge in [0.15, 0.2) is 0 Å². The Kier molecular flexibility index (Phi) is 4.83. The maximum Gasteiger partial charge on any atom is 0.440 e. The molecule has 0 heterocycles. The summed E-state index contributed by atoms with van der Waals surface area (Å²) in [5.74, 6) is -0.268. The third kappa shape index (κ3) is 4.10. The second kappa shape index (κ2) is 5.94. The van der Waals surface area contributed by atoms with Gasteiger partial charge in [-0.1, -0.05) is 6.07 Å². The zero-order chi connectivity index (χ0) is 13.8. The van der Waals surface area contributed by atoms with Gasteiger partial charge in [0.2, 0.25) is 0 Å². The number of benzene rings is 1. The fourth-order valence-corrected chi connectivity index (χ4v) is 1.13. The largest absolute Gasteiger partial charge is 0.440 e. The number of alkyl halides is 4. The van der Waals surface area contributed by atoms with E-state index in [2.05, 4.69) is 31.3 Å². The van der Waals surface area contributed by atoms with Gasteiger partial charge in [0.05, 0.1) is 0 Å². The number of anilines is 1. The number of urea groups is 1. The number of hydrogen-bond donors (Lipinski definition) is 2. The van der Waals surface area contributed by atoms with Crippen molar-refractivity contribution < 1.29 is 22.7 Å². The second-order valence-electron chi connectivity index (χ2n) is 3.20. The lowest BCUT2D eigenvalue weighted by Crippen LogP contribution is -2.32. The minimum absolute atomic E-state index is 0.243. The molecular formula is C10H10BrF3N2O2. The molecule has 0 aromatic heterocycles. The van der Waals surface area contributed by atoms with Gasteiger partial charge in [-0.2, -0.15) is 8.78 Å². The Morgan fingerprint density at radius 1 is 1.50 bits per heavy atom. The molecule has 8 heteroatoms. The maximum atomic E-state index is 12.9. The Morgan fingerprint density at radius 3 is 2.72 bits per heavy atom. The number of amides is 2. The summed E-state index contributed by atoms with van der Waals surface area (Å²) in [6.45, 7) is 0. The van der Waals surface area contributed by atoms with Gasteiger partial charge in [0.25, 0.3) is 5.08 Å². The minimum Gasteiger partial charge on any atom is -0.430 e. The molecule has 0 saturated heterocycles. The molecule has 0 aliphatic carbocycles. The summed E-state index contributed by atoms with van der Waals surface area (Å²) >= 11 is 2.10. The molecule has 0 aliphatic heterocycles. The van der Waals surface area contributed by atoms with Crippen LogP contribution >= 0.6 is 15.9 Å². The molecule has 1 aromatic rings. The first-order chi connectivity index (χ1) is 8.35. The fraction of sp³-hybridized carbons (Fsp3) is 0.300. The maximum absolute atomic E-state index is 12.9. The van der Waals surface area contributed by atoms with Crippen LogP contribution in [0.3, 0.4) is 0 Å². The summed E-state index contributed by atoms with van der Waals surface area (Å²) in [5.41, 5.74) is 0.243. The smallest absolute Gasteiger partial charge is 0.430 e. The van der Waals surface area contributed by atoms with E-state index in [1.54, 1.807) is 0 Å². The number of carbonyl (C=O) groups is 1. The number of hydrogen-bond acceptors (Lipinski definition) is 2. The summed E-state index contributed by atoms with van der Waals surface area (Å²) in [6, 6.07) is 4.72. The molecule has 1 atom stereocenters. The van der Waals surface area contributed by atoms with Crippen molar-refractivity contribution in [3.05, 3.63) is 24.3 Å². The lowest BCUT2D eigenvalue weighted by molar-refractivity contribution is -0.195. The van der Waals surface area contributed by atoms with Crippen molar-refractivity contribution in [2.75, 3.05) is 12.4 Å². The van der Waals surface area contributed by atoms with Crippen LogP contribution in [0.1, 0.15) is 0 Å². The van der Waals surface area contributed by atoms with Crippen molar-refractivity contribution in [1.29, 1.82) is 0 Å². The van der Waals surface area contributed by atoms with Crippen LogP contribution in [0.2, 0.25) is 0 Å². The van der Waals surface area contributed by atoms with E-state index < -0.39 is 17.2 Å². The van der Waals surface area contributed by atoms with Gasteiger partial charge in [-0.25, -0.2) is 9.18 Å². The van der Waals surface area contributed by atoms with E-state index in [-0.39, 0.29) is 11.4 Å². The highest BCUT2D eigenvalue weighted by molar-refractivity contribution is 9.09. The lowest BCUT2D eigenvalue weighted by atomic mass is 10.3. The van der Waals surface area contributed by atoms with E-state index in [0.717, 1.165) is 6.07 Å². The first-order valence-electron chi connectivity index (χ1n) is 4.79. The first kappa shape index (κ1) is 14.6. The Hall–Kier alpha value is -1.44. The number of nitrogens with one attached hydrogen (secondary N) is 2. The van der Waals surface area contributed by atoms with E-state index in [1.807, 2.05) is 0 Å². The van der Waals surface area contributed by atoms with Crippen LogP contribution in [0.4, 0.5) is 23.7 Å². The number of carbonyl (C=O) groups excluding carboxylic acids is 1. The zero-order valence-corrected chi connectivity index (χ0v) is 10.8. The minimum atomic E-state index is -3.99. The standard InChI is InChI=1S/C10H10BrF3N2O2/c1-15-9(17)16-6-3-2-4-7(5-6)18-10(13,14)8(11)12/h2-5,8H,1H3,(H2,15,16,17). The van der Waals surface area contributed by atoms with Crippen LogP contribution in [0, 0.1) is 0 Å². The van der Waals surface area contributed by atoms with Crippen molar-refractivity contribution >= 4 is 27.6 Å². The van der Waals surface area contributed by atoms with Gasteiger partial charge in [-0.15, -0.1) is 0 Å². The normalized spacial score (nSPS) is 12.7. The van der Waals surface area contributed by atoms with Crippen molar-refractivity contribution in [1.82, 2.24) is 5.32 Å². The Bertz CT molecular complexity index is 429. The lowest BCUT2D eigenvalue weighted by Gasteiger charge is -2.18. The van der Waals surface area contributed by atoms with Gasteiger partial charge in [0.1, 0.15) is 5.75 Å². The van der Waals surface area contributed by atoms with Crippen LogP contribution in [-0.2, 0) is 0 Å². The quantitative estimate of drug-likeness (QED) is 0.835. The van der Waals surface area contributed by atoms with Crippen LogP contribution in [-0.4, -0.2) is 24.3 Å². The number of halogens is 4. The first-order valence-corrected chi connectivity index (χ1v) is 5.70. The van der Waals surface area contributed by atoms with Crippen LogP contribution in [0.15, 0.2) is 24.3 Å². The molecular weight excluding hydrogens is 317 g/mol. The highest BCUT2D eigenvalue weighted by Gasteiger charge is 2.41. The van der Waals surface area contributed by atoms with Gasteiger partial charge in [-0.05, 0) is 28.1 Å². The molecule has 0 radical (unpaired) electrons. The van der Waals surface area contributed by atoms with Gasteiger partial charge in [-0.3, -0.25) is 0 Å². The molecule has 4 nitrogen and oxygen atoms in total. The summed E-state index contributed by atoms with van der Waals surface area (Å²) in [5, 5.41) is 2.03. The predicted molar refractivity (Wildman–Crippen MR) is 63.9 cm³/mol. The average molecular weight is 327 g/mol. The number of rotatable bonds is 4. The van der Waals surface area contributed by atoms with Gasteiger partial charge in [0, 0.05) is 18.8 Å². The molecule has 0 saturated carbocycles. The monoisotopic (exact) mass is 326 g/mol. The summed E-state index contributed by atoms with van der Waals surface area (Å²) in [4.78, 5) is 11.0. The highest BCUT2D eigenvalue weighted by atomic mass is 79.9. The average Bonchev–Trinajstić information content (AvgIpc) is 2.28. The molecule has 1 aromatic carbocycles. The summed E-state index contributed by atoms with van der Waals surface area (Å²) in [6.07, 6.45) is -3.99. The summed E-state index contributed by atoms with van der Waals surface area (Å²) < 4.78 is 42.6. The van der Waals surface area contributed by atoms with E-state index in [0.29, 0.717) is 0 Å². The molecule has 0 aliphatic rings. The third-order valence-electron chi connectivity index (χ3n) is 1.83. The molecule has 1 rings (SSSR count). The molecule has 100 valence electrons. The Labute approximate surface area is 110 Å². The topological polar surface area (TPSA) is 50.4 Å². The Balaban J connectivity index is 2.79. The zero-order valence-electron chi connectivity index (χ0n) is 9.22. The van der Waals surface area contributed by atoms with Gasteiger partial charge < -0.3 is 15.4 Å². The van der Waals surface area contributed by atoms with E-state index in [1.165, 1.54) is 25.2 Å². The van der Waals surface area contributed by atoms with Crippen molar-refractivity contribution in [3.63, 3.8) is 0 Å². The molecule has 0 spiro atoms. The molecule has 0 bridgehead atoms. The third-order valence-corrected chi connectivity index (χ3v) is 2.36. The molecule has 2 amide bonds. The summed E-state index contributed by atoms with van der Waals surface area (Å²) in [7, 11) is 1.41. The predicted octanol–water partition coefficient (Wildman–Crippen LogP) is 3.10. The molecule has 0 fully saturated rings. The van der Waals surface area contributed by atoms with Crippen LogP contribution < -0.4 is 15.4 Å². The van der Waals surface area contributed by atoms with Crippen molar-refractivity contribution in [2.24, 2.45) is 0 Å². The SMILES string of the molecule is CNC(=O)Nc1cccc(OC(F)(F)C(F)Br)c1. The van der Waals surface area contributed by atoms with E-state index in [4.69, 9.17) is 0 Å². The second-order valence-corrected chi connectivity index (χ2v) is 4.00. The number of ether oxygens (including phenoxy) is 1. The molecule has 1 unspecified atom stereocenters. The van der Waals surface area contributed by atoms with E-state index in [9.17, 15) is 18.0 Å². The molecule has 18 heavy (non-hydrogen) atoms. The Morgan fingerprint density at radius 2 is 2.17 bits per heavy atom. The van der Waals surface area contributed by atoms with Crippen LogP contribution in [0.25, 0.3) is 0 Å².